The van der Waals surface area contributed by atoms with Crippen LogP contribution in [0.1, 0.15) is 20.8 Å². The fourth-order valence-electron chi connectivity index (χ4n) is 1.68. The predicted octanol–water partition coefficient (Wildman–Crippen LogP) is 2.60. The Morgan fingerprint density at radius 2 is 2.18 bits per heavy atom. The molecule has 1 aromatic heterocycles. The van der Waals surface area contributed by atoms with E-state index in [2.05, 4.69) is 15.3 Å². The zero-order chi connectivity index (χ0) is 16.3. The summed E-state index contributed by atoms with van der Waals surface area (Å²) in [6.07, 6.45) is 4.23. The molecule has 0 unspecified atom stereocenters. The first-order valence-electron chi connectivity index (χ1n) is 6.71. The van der Waals surface area contributed by atoms with Crippen LogP contribution in [0.4, 0.5) is 10.6 Å². The van der Waals surface area contributed by atoms with E-state index >= 15 is 0 Å². The van der Waals surface area contributed by atoms with Gasteiger partial charge in [0.15, 0.2) is 5.82 Å². The molecule has 0 aromatic carbocycles. The van der Waals surface area contributed by atoms with E-state index in [0.29, 0.717) is 11.5 Å². The number of alkyl halides is 1. The summed E-state index contributed by atoms with van der Waals surface area (Å²) in [7, 11) is 1.60. The van der Waals surface area contributed by atoms with Gasteiger partial charge in [0.05, 0.1) is 11.9 Å². The van der Waals surface area contributed by atoms with Gasteiger partial charge in [0.1, 0.15) is 11.0 Å². The Morgan fingerprint density at radius 3 is 2.77 bits per heavy atom. The summed E-state index contributed by atoms with van der Waals surface area (Å²) in [5.74, 6) is 0.525. The average Bonchev–Trinajstić information content (AvgIpc) is 2.46. The molecule has 0 aliphatic carbocycles. The van der Waals surface area contributed by atoms with Crippen LogP contribution in [0.25, 0.3) is 0 Å². The summed E-state index contributed by atoms with van der Waals surface area (Å²) in [4.78, 5) is 13.5. The van der Waals surface area contributed by atoms with E-state index in [-0.39, 0.29) is 0 Å². The van der Waals surface area contributed by atoms with Crippen LogP contribution < -0.4 is 5.01 Å². The quantitative estimate of drug-likeness (QED) is 0.782. The molecule has 7 nitrogen and oxygen atoms in total. The summed E-state index contributed by atoms with van der Waals surface area (Å²) < 4.78 is 5.34. The summed E-state index contributed by atoms with van der Waals surface area (Å²) in [5, 5.41) is 12.9. The monoisotopic (exact) mass is 323 g/mol. The van der Waals surface area contributed by atoms with E-state index in [9.17, 15) is 4.79 Å². The van der Waals surface area contributed by atoms with Crippen molar-refractivity contribution in [2.75, 3.05) is 12.1 Å². The van der Waals surface area contributed by atoms with Gasteiger partial charge in [-0.2, -0.15) is 10.2 Å². The molecule has 1 atom stereocenters. The van der Waals surface area contributed by atoms with Crippen LogP contribution in [0.15, 0.2) is 35.3 Å². The van der Waals surface area contributed by atoms with Crippen LogP contribution in [-0.2, 0) is 4.74 Å². The van der Waals surface area contributed by atoms with E-state index in [0.717, 1.165) is 0 Å². The summed E-state index contributed by atoms with van der Waals surface area (Å²) in [6, 6.07) is 3.50. The number of amides is 1. The zero-order valence-corrected chi connectivity index (χ0v) is 13.7. The lowest BCUT2D eigenvalue weighted by atomic mass is 10.2. The number of nitrogens with zero attached hydrogens (tertiary/aromatic N) is 5. The van der Waals surface area contributed by atoms with Gasteiger partial charge >= 0.3 is 6.09 Å². The standard InChI is InChI=1S/C14H18ClN5O2/c1-14(2,3)22-13(21)19(4)11-9-20(17-8-10(11)15)12-6-5-7-16-18-12/h5-10H,1-4H3/t10-/m0/s1. The third-order valence-corrected chi connectivity index (χ3v) is 3.04. The molecule has 1 aromatic rings. The second kappa shape index (κ2) is 6.31. The Hall–Kier alpha value is -2.15. The number of hydrogen-bond acceptors (Lipinski definition) is 6. The fraction of sp³-hybridized carbons (Fsp3) is 0.429. The Bertz CT molecular complexity index is 597. The Labute approximate surface area is 134 Å². The first-order valence-corrected chi connectivity index (χ1v) is 7.15. The minimum absolute atomic E-state index is 0.487. The highest BCUT2D eigenvalue weighted by Crippen LogP contribution is 2.23. The summed E-state index contributed by atoms with van der Waals surface area (Å²) >= 11 is 6.22. The zero-order valence-electron chi connectivity index (χ0n) is 12.9. The molecule has 0 bridgehead atoms. The van der Waals surface area contributed by atoms with Crippen LogP contribution in [0, 0.1) is 0 Å². The van der Waals surface area contributed by atoms with Crippen LogP contribution >= 0.6 is 11.6 Å². The number of anilines is 1. The van der Waals surface area contributed by atoms with Crippen LogP contribution in [-0.4, -0.2) is 45.4 Å². The van der Waals surface area contributed by atoms with E-state index in [1.807, 2.05) is 0 Å². The number of hydrogen-bond donors (Lipinski definition) is 0. The molecular weight excluding hydrogens is 306 g/mol. The Kier molecular flexibility index (Phi) is 4.65. The van der Waals surface area contributed by atoms with Gasteiger partial charge in [0, 0.05) is 19.5 Å². The van der Waals surface area contributed by atoms with E-state index < -0.39 is 17.1 Å². The molecule has 2 rings (SSSR count). The smallest absolute Gasteiger partial charge is 0.414 e. The van der Waals surface area contributed by atoms with Gasteiger partial charge in [0.25, 0.3) is 0 Å². The molecule has 22 heavy (non-hydrogen) atoms. The highest BCUT2D eigenvalue weighted by molar-refractivity contribution is 6.30. The number of ether oxygens (including phenoxy) is 1. The number of carbonyl (C=O) groups excluding carboxylic acids is 1. The van der Waals surface area contributed by atoms with Crippen LogP contribution in [0.3, 0.4) is 0 Å². The van der Waals surface area contributed by atoms with Crippen molar-refractivity contribution in [3.05, 3.63) is 30.2 Å². The van der Waals surface area contributed by atoms with Crippen LogP contribution in [0.2, 0.25) is 0 Å². The second-order valence-electron chi connectivity index (χ2n) is 5.69. The SMILES string of the molecule is CN(C(=O)OC(C)(C)C)C1=CN(c2cccnn2)N=C[C@@H]1Cl. The molecule has 1 amide bonds. The number of carbonyl (C=O) groups is 1. The first-order chi connectivity index (χ1) is 10.3. The topological polar surface area (TPSA) is 70.9 Å². The summed E-state index contributed by atoms with van der Waals surface area (Å²) in [5.41, 5.74) is -0.0438. The molecule has 0 fully saturated rings. The Balaban J connectivity index is 2.21. The van der Waals surface area contributed by atoms with E-state index in [1.165, 1.54) is 16.1 Å². The lowest BCUT2D eigenvalue weighted by Crippen LogP contribution is -2.38. The minimum atomic E-state index is -0.582. The normalized spacial score (nSPS) is 18.0. The molecule has 0 saturated heterocycles. The molecule has 1 aliphatic heterocycles. The highest BCUT2D eigenvalue weighted by Gasteiger charge is 2.27. The fourth-order valence-corrected chi connectivity index (χ4v) is 1.94. The number of rotatable bonds is 2. The van der Waals surface area contributed by atoms with Crippen molar-refractivity contribution < 1.29 is 9.53 Å². The predicted molar refractivity (Wildman–Crippen MR) is 84.7 cm³/mol. The van der Waals surface area contributed by atoms with Crippen molar-refractivity contribution in [3.8, 4) is 0 Å². The number of hydrazone groups is 1. The lowest BCUT2D eigenvalue weighted by molar-refractivity contribution is 0.0351. The van der Waals surface area contributed by atoms with Crippen molar-refractivity contribution in [2.24, 2.45) is 5.10 Å². The molecule has 8 heteroatoms. The molecule has 0 saturated carbocycles. The van der Waals surface area contributed by atoms with E-state index in [1.54, 1.807) is 52.3 Å². The maximum atomic E-state index is 12.2. The molecule has 0 N–H and O–H groups in total. The maximum Gasteiger partial charge on any atom is 0.414 e. The number of allylic oxidation sites excluding steroid dienone is 1. The molecule has 0 radical (unpaired) electrons. The van der Waals surface area contributed by atoms with Crippen molar-refractivity contribution in [2.45, 2.75) is 31.7 Å². The van der Waals surface area contributed by atoms with Gasteiger partial charge in [-0.05, 0) is 32.9 Å². The molecule has 118 valence electrons. The molecule has 2 heterocycles. The van der Waals surface area contributed by atoms with E-state index in [4.69, 9.17) is 16.3 Å². The lowest BCUT2D eigenvalue weighted by Gasteiger charge is -2.29. The van der Waals surface area contributed by atoms with Crippen molar-refractivity contribution in [1.29, 1.82) is 0 Å². The highest BCUT2D eigenvalue weighted by atomic mass is 35.5. The van der Waals surface area contributed by atoms with Gasteiger partial charge in [0.2, 0.25) is 0 Å². The van der Waals surface area contributed by atoms with Gasteiger partial charge in [-0.3, -0.25) is 4.90 Å². The molecular formula is C14H18ClN5O2. The van der Waals surface area contributed by atoms with Crippen molar-refractivity contribution >= 4 is 29.7 Å². The number of halogens is 1. The third kappa shape index (κ3) is 3.94. The third-order valence-electron chi connectivity index (χ3n) is 2.71. The van der Waals surface area contributed by atoms with Crippen molar-refractivity contribution in [3.63, 3.8) is 0 Å². The Morgan fingerprint density at radius 1 is 1.45 bits per heavy atom. The second-order valence-corrected chi connectivity index (χ2v) is 6.16. The van der Waals surface area contributed by atoms with Gasteiger partial charge in [-0.15, -0.1) is 16.7 Å². The summed E-state index contributed by atoms with van der Waals surface area (Å²) in [6.45, 7) is 5.42. The minimum Gasteiger partial charge on any atom is -0.443 e. The maximum absolute atomic E-state index is 12.2. The largest absolute Gasteiger partial charge is 0.443 e. The van der Waals surface area contributed by atoms with Gasteiger partial charge < -0.3 is 4.74 Å². The van der Waals surface area contributed by atoms with Crippen molar-refractivity contribution in [1.82, 2.24) is 15.1 Å². The molecule has 1 aliphatic rings. The van der Waals surface area contributed by atoms with Crippen LogP contribution in [0.5, 0.6) is 0 Å². The average molecular weight is 324 g/mol. The van der Waals surface area contributed by atoms with Gasteiger partial charge in [-0.25, -0.2) is 9.80 Å². The number of aromatic nitrogens is 2. The first kappa shape index (κ1) is 16.2. The van der Waals surface area contributed by atoms with Gasteiger partial charge in [-0.1, -0.05) is 0 Å². The molecule has 0 spiro atoms.